The summed E-state index contributed by atoms with van der Waals surface area (Å²) in [5.74, 6) is 0. The molecule has 0 aliphatic carbocycles. The van der Waals surface area contributed by atoms with Gasteiger partial charge in [-0.3, -0.25) is 0 Å². The summed E-state index contributed by atoms with van der Waals surface area (Å²) in [6.45, 7) is 26.4. The first-order valence-corrected chi connectivity index (χ1v) is 16.3. The molecule has 0 aliphatic heterocycles. The van der Waals surface area contributed by atoms with E-state index in [4.69, 9.17) is 13.9 Å². The van der Waals surface area contributed by atoms with Gasteiger partial charge >= 0.3 is 0 Å². The van der Waals surface area contributed by atoms with Gasteiger partial charge in [-0.1, -0.05) is 61.8 Å². The molecule has 0 amide bonds. The van der Waals surface area contributed by atoms with Crippen molar-refractivity contribution in [1.29, 1.82) is 0 Å². The molecule has 0 aromatic rings. The normalized spacial score (nSPS) is 14.2. The molecule has 34 heavy (non-hydrogen) atoms. The maximum Gasteiger partial charge on any atom is 0.192 e. The predicted octanol–water partition coefficient (Wildman–Crippen LogP) is 9.53. The van der Waals surface area contributed by atoms with Crippen LogP contribution in [0.1, 0.15) is 101 Å². The Kier molecular flexibility index (Phi) is 17.0. The second-order valence-corrected chi connectivity index (χ2v) is 15.9. The summed E-state index contributed by atoms with van der Waals surface area (Å²) in [5, 5.41) is 0.248. The average Bonchev–Trinajstić information content (AvgIpc) is 2.71. The van der Waals surface area contributed by atoms with Gasteiger partial charge in [0.15, 0.2) is 14.6 Å². The molecule has 0 unspecified atom stereocenters. The highest BCUT2D eigenvalue weighted by molar-refractivity contribution is 6.74. The number of hydrogen-bond acceptors (Lipinski definition) is 3. The van der Waals surface area contributed by atoms with E-state index in [1.54, 1.807) is 0 Å². The van der Waals surface area contributed by atoms with Crippen molar-refractivity contribution in [3.63, 3.8) is 0 Å². The van der Waals surface area contributed by atoms with Crippen LogP contribution in [0.3, 0.4) is 0 Å². The molecule has 0 atom stereocenters. The summed E-state index contributed by atoms with van der Waals surface area (Å²) in [7, 11) is -1.69. The molecule has 0 heterocycles. The fourth-order valence-electron chi connectivity index (χ4n) is 3.25. The van der Waals surface area contributed by atoms with Gasteiger partial charge in [0.2, 0.25) is 0 Å². The Hall–Kier alpha value is -0.943. The zero-order chi connectivity index (χ0) is 26.2. The molecule has 0 radical (unpaired) electrons. The lowest BCUT2D eigenvalue weighted by molar-refractivity contribution is -0.113. The molecule has 198 valence electrons. The first-order valence-electron chi connectivity index (χ1n) is 13.3. The van der Waals surface area contributed by atoms with Gasteiger partial charge in [-0.05, 0) is 104 Å². The Morgan fingerprint density at radius 2 is 1.24 bits per heavy atom. The van der Waals surface area contributed by atoms with Crippen molar-refractivity contribution in [2.24, 2.45) is 0 Å². The van der Waals surface area contributed by atoms with Crippen LogP contribution in [0.25, 0.3) is 0 Å². The first-order chi connectivity index (χ1) is 15.8. The van der Waals surface area contributed by atoms with Gasteiger partial charge in [-0.25, -0.2) is 0 Å². The maximum atomic E-state index is 6.31. The molecule has 3 nitrogen and oxygen atoms in total. The van der Waals surface area contributed by atoms with E-state index < -0.39 is 8.32 Å². The molecule has 0 saturated heterocycles. The van der Waals surface area contributed by atoms with Crippen LogP contribution in [0.4, 0.5) is 0 Å². The molecule has 0 bridgehead atoms. The average molecular weight is 493 g/mol. The molecule has 0 aliphatic rings. The van der Waals surface area contributed by atoms with Gasteiger partial charge in [-0.15, -0.1) is 0 Å². The van der Waals surface area contributed by atoms with Gasteiger partial charge in [0.1, 0.15) is 0 Å². The third-order valence-corrected chi connectivity index (χ3v) is 11.1. The smallest absolute Gasteiger partial charge is 0.192 e. The van der Waals surface area contributed by atoms with E-state index >= 15 is 0 Å². The standard InChI is InChI=1S/C30H56O3Si/c1-12-31-29(32-13-2)28(21-15-19-26(5)18-14-17-25(3)4)22-16-20-27(6)23-24-33-34(10,11)30(7,8)9/h17,19,22-23,29H,12-16,18,20-21,24H2,1-11H3/b26-19+,27-23+,28-22+. The largest absolute Gasteiger partial charge is 0.413 e. The van der Waals surface area contributed by atoms with E-state index in [1.165, 1.54) is 22.3 Å². The molecular weight excluding hydrogens is 436 g/mol. The molecule has 0 aromatic carbocycles. The van der Waals surface area contributed by atoms with E-state index in [9.17, 15) is 0 Å². The monoisotopic (exact) mass is 492 g/mol. The minimum atomic E-state index is -1.69. The van der Waals surface area contributed by atoms with Crippen LogP contribution in [-0.4, -0.2) is 34.4 Å². The van der Waals surface area contributed by atoms with Crippen LogP contribution in [0.15, 0.2) is 46.6 Å². The maximum absolute atomic E-state index is 6.31. The van der Waals surface area contributed by atoms with Crippen LogP contribution in [-0.2, 0) is 13.9 Å². The van der Waals surface area contributed by atoms with Crippen molar-refractivity contribution in [2.75, 3.05) is 19.8 Å². The summed E-state index contributed by atoms with van der Waals surface area (Å²) in [6, 6.07) is 0. The highest BCUT2D eigenvalue weighted by atomic mass is 28.4. The SMILES string of the molecule is CCOC(OCC)/C(=C/CC/C(C)=C/CO[Si](C)(C)C(C)(C)C)CC/C=C(\C)CCC=C(C)C. The van der Waals surface area contributed by atoms with E-state index in [1.807, 2.05) is 13.8 Å². The summed E-state index contributed by atoms with van der Waals surface area (Å²) in [4.78, 5) is 0. The van der Waals surface area contributed by atoms with Crippen molar-refractivity contribution >= 4 is 8.32 Å². The van der Waals surface area contributed by atoms with E-state index in [-0.39, 0.29) is 11.3 Å². The lowest BCUT2D eigenvalue weighted by Crippen LogP contribution is -2.40. The first kappa shape index (κ1) is 33.1. The third-order valence-electron chi connectivity index (χ3n) is 6.58. The van der Waals surface area contributed by atoms with E-state index in [0.717, 1.165) is 45.1 Å². The van der Waals surface area contributed by atoms with Crippen LogP contribution < -0.4 is 0 Å². The Balaban J connectivity index is 5.02. The number of rotatable bonds is 17. The third kappa shape index (κ3) is 15.1. The van der Waals surface area contributed by atoms with Crippen molar-refractivity contribution < 1.29 is 13.9 Å². The van der Waals surface area contributed by atoms with Crippen molar-refractivity contribution in [1.82, 2.24) is 0 Å². The highest BCUT2D eigenvalue weighted by Gasteiger charge is 2.36. The summed E-state index contributed by atoms with van der Waals surface area (Å²) in [5.41, 5.74) is 5.50. The quantitative estimate of drug-likeness (QED) is 0.115. The van der Waals surface area contributed by atoms with Crippen LogP contribution in [0, 0.1) is 0 Å². The van der Waals surface area contributed by atoms with E-state index in [0.29, 0.717) is 13.2 Å². The minimum absolute atomic E-state index is 0.236. The molecule has 4 heteroatoms. The van der Waals surface area contributed by atoms with Crippen molar-refractivity contribution in [3.8, 4) is 0 Å². The Labute approximate surface area is 213 Å². The second kappa shape index (κ2) is 17.5. The van der Waals surface area contributed by atoms with Crippen molar-refractivity contribution in [2.45, 2.75) is 125 Å². The summed E-state index contributed by atoms with van der Waals surface area (Å²) < 4.78 is 18.2. The van der Waals surface area contributed by atoms with Gasteiger partial charge in [-0.2, -0.15) is 0 Å². The molecule has 0 fully saturated rings. The molecule has 0 aromatic heterocycles. The van der Waals surface area contributed by atoms with Gasteiger partial charge in [0, 0.05) is 13.2 Å². The second-order valence-electron chi connectivity index (χ2n) is 11.1. The molecule has 0 saturated carbocycles. The molecule has 0 rings (SSSR count). The highest BCUT2D eigenvalue weighted by Crippen LogP contribution is 2.36. The van der Waals surface area contributed by atoms with Crippen LogP contribution in [0.2, 0.25) is 18.1 Å². The number of ether oxygens (including phenoxy) is 2. The summed E-state index contributed by atoms with van der Waals surface area (Å²) in [6.07, 6.45) is 15.3. The number of hydrogen-bond donors (Lipinski definition) is 0. The Morgan fingerprint density at radius 1 is 0.735 bits per heavy atom. The predicted molar refractivity (Wildman–Crippen MR) is 153 cm³/mol. The van der Waals surface area contributed by atoms with Crippen LogP contribution in [0.5, 0.6) is 0 Å². The Bertz CT molecular complexity index is 668. The van der Waals surface area contributed by atoms with Crippen molar-refractivity contribution in [3.05, 3.63) is 46.6 Å². The molecule has 0 spiro atoms. The fourth-order valence-corrected chi connectivity index (χ4v) is 4.19. The van der Waals surface area contributed by atoms with Gasteiger partial charge in [0.25, 0.3) is 0 Å². The Morgan fingerprint density at radius 3 is 1.74 bits per heavy atom. The van der Waals surface area contributed by atoms with Gasteiger partial charge < -0.3 is 13.9 Å². The fraction of sp³-hybridized carbons (Fsp3) is 0.733. The minimum Gasteiger partial charge on any atom is -0.413 e. The lowest BCUT2D eigenvalue weighted by atomic mass is 10.0. The van der Waals surface area contributed by atoms with Crippen LogP contribution >= 0.6 is 0 Å². The lowest BCUT2D eigenvalue weighted by Gasteiger charge is -2.35. The summed E-state index contributed by atoms with van der Waals surface area (Å²) >= 11 is 0. The molecule has 0 N–H and O–H groups in total. The van der Waals surface area contributed by atoms with E-state index in [2.05, 4.69) is 85.9 Å². The molecular formula is C30H56O3Si. The zero-order valence-electron chi connectivity index (χ0n) is 24.5. The zero-order valence-corrected chi connectivity index (χ0v) is 25.5. The number of allylic oxidation sites excluding steroid dienone is 6. The van der Waals surface area contributed by atoms with Gasteiger partial charge in [0.05, 0.1) is 6.61 Å². The topological polar surface area (TPSA) is 27.7 Å².